The molecule has 6 heteroatoms. The van der Waals surface area contributed by atoms with Crippen LogP contribution in [0.2, 0.25) is 0 Å². The van der Waals surface area contributed by atoms with E-state index < -0.39 is 0 Å². The van der Waals surface area contributed by atoms with Crippen LogP contribution < -0.4 is 10.2 Å². The van der Waals surface area contributed by atoms with Crippen LogP contribution in [-0.4, -0.2) is 35.0 Å². The third-order valence-corrected chi connectivity index (χ3v) is 5.12. The molecule has 136 valence electrons. The van der Waals surface area contributed by atoms with E-state index in [0.29, 0.717) is 11.8 Å². The molecule has 3 heterocycles. The zero-order chi connectivity index (χ0) is 17.9. The summed E-state index contributed by atoms with van der Waals surface area (Å²) in [6.45, 7) is 3.87. The molecule has 1 aliphatic carbocycles. The molecule has 0 spiro atoms. The molecule has 1 saturated heterocycles. The molecule has 3 atom stereocenters. The topological polar surface area (TPSA) is 71.3 Å². The fourth-order valence-corrected chi connectivity index (χ4v) is 3.51. The van der Waals surface area contributed by atoms with Gasteiger partial charge in [-0.05, 0) is 49.5 Å². The van der Waals surface area contributed by atoms with Gasteiger partial charge in [0.05, 0.1) is 0 Å². The minimum absolute atomic E-state index is 0.0939. The van der Waals surface area contributed by atoms with Gasteiger partial charge >= 0.3 is 0 Å². The van der Waals surface area contributed by atoms with Gasteiger partial charge in [0.2, 0.25) is 11.9 Å². The summed E-state index contributed by atoms with van der Waals surface area (Å²) in [6.07, 6.45) is 9.95. The van der Waals surface area contributed by atoms with Crippen molar-refractivity contribution in [2.24, 2.45) is 5.92 Å². The normalized spacial score (nSPS) is 25.4. The first-order valence-electron chi connectivity index (χ1n) is 9.29. The highest BCUT2D eigenvalue weighted by Crippen LogP contribution is 2.47. The molecule has 0 aromatic carbocycles. The van der Waals surface area contributed by atoms with Gasteiger partial charge in [-0.2, -0.15) is 0 Å². The number of hydrogen-bond donors (Lipinski definition) is 1. The molecule has 2 aromatic rings. The quantitative estimate of drug-likeness (QED) is 0.838. The smallest absolute Gasteiger partial charge is 0.244 e. The Bertz CT molecular complexity index is 786. The molecule has 4 rings (SSSR count). The van der Waals surface area contributed by atoms with E-state index >= 15 is 0 Å². The van der Waals surface area contributed by atoms with Crippen molar-refractivity contribution in [3.05, 3.63) is 48.2 Å². The van der Waals surface area contributed by atoms with E-state index in [2.05, 4.69) is 27.1 Å². The molecule has 0 radical (unpaired) electrons. The molecule has 0 bridgehead atoms. The van der Waals surface area contributed by atoms with E-state index in [9.17, 15) is 4.79 Å². The lowest BCUT2D eigenvalue weighted by atomic mass is 10.1. The van der Waals surface area contributed by atoms with Crippen LogP contribution in [0, 0.1) is 5.92 Å². The van der Waals surface area contributed by atoms with Crippen LogP contribution in [-0.2, 0) is 4.79 Å². The standard InChI is InChI=1S/C20H24N4O2/c1-14-12-17(14)18-7-5-16(26-18)6-8-19(25)23-15-4-2-11-24(13-15)20-21-9-3-10-22-20/h3,5-10,14-15,17H,2,4,11-13H2,1H3,(H,23,25)/b8-6+/t14-,15-,17+/m1/s1. The number of aromatic nitrogens is 2. The molecule has 2 fully saturated rings. The summed E-state index contributed by atoms with van der Waals surface area (Å²) < 4.78 is 5.80. The van der Waals surface area contributed by atoms with Gasteiger partial charge in [0.25, 0.3) is 0 Å². The molecule has 1 aliphatic heterocycles. The number of carbonyl (C=O) groups excluding carboxylic acids is 1. The summed E-state index contributed by atoms with van der Waals surface area (Å²) in [7, 11) is 0. The monoisotopic (exact) mass is 352 g/mol. The summed E-state index contributed by atoms with van der Waals surface area (Å²) in [5.41, 5.74) is 0. The van der Waals surface area contributed by atoms with E-state index in [1.54, 1.807) is 30.6 Å². The lowest BCUT2D eigenvalue weighted by molar-refractivity contribution is -0.117. The first-order valence-corrected chi connectivity index (χ1v) is 9.29. The lowest BCUT2D eigenvalue weighted by Gasteiger charge is -2.32. The Hall–Kier alpha value is -2.63. The third-order valence-electron chi connectivity index (χ3n) is 5.12. The van der Waals surface area contributed by atoms with Crippen LogP contribution in [0.15, 0.2) is 41.1 Å². The number of rotatable bonds is 5. The number of nitrogens with zero attached hydrogens (tertiary/aromatic N) is 3. The van der Waals surface area contributed by atoms with Gasteiger partial charge in [-0.1, -0.05) is 6.92 Å². The Balaban J connectivity index is 1.30. The molecular weight excluding hydrogens is 328 g/mol. The molecule has 2 aliphatic rings. The summed E-state index contributed by atoms with van der Waals surface area (Å²) >= 11 is 0. The summed E-state index contributed by atoms with van der Waals surface area (Å²) in [6, 6.07) is 5.86. The summed E-state index contributed by atoms with van der Waals surface area (Å²) in [4.78, 5) is 23.0. The van der Waals surface area contributed by atoms with Crippen molar-refractivity contribution in [1.29, 1.82) is 0 Å². The molecule has 1 saturated carbocycles. The summed E-state index contributed by atoms with van der Waals surface area (Å²) in [5, 5.41) is 3.07. The van der Waals surface area contributed by atoms with Gasteiger partial charge in [0, 0.05) is 43.5 Å². The average Bonchev–Trinajstić information content (AvgIpc) is 3.21. The SMILES string of the molecule is C[C@@H]1C[C@@H]1c1ccc(/C=C/C(=O)N[C@@H]2CCCN(c3ncccn3)C2)o1. The molecule has 0 unspecified atom stereocenters. The third kappa shape index (κ3) is 3.95. The van der Waals surface area contributed by atoms with Crippen LogP contribution >= 0.6 is 0 Å². The Kier molecular flexibility index (Phi) is 4.73. The second-order valence-electron chi connectivity index (χ2n) is 7.24. The van der Waals surface area contributed by atoms with Crippen molar-refractivity contribution in [3.8, 4) is 0 Å². The van der Waals surface area contributed by atoms with Gasteiger partial charge < -0.3 is 14.6 Å². The molecule has 1 amide bonds. The molecule has 1 N–H and O–H groups in total. The Labute approximate surface area is 153 Å². The largest absolute Gasteiger partial charge is 0.461 e. The number of hydrogen-bond acceptors (Lipinski definition) is 5. The van der Waals surface area contributed by atoms with Crippen LogP contribution in [0.3, 0.4) is 0 Å². The zero-order valence-corrected chi connectivity index (χ0v) is 15.0. The lowest BCUT2D eigenvalue weighted by Crippen LogP contribution is -2.47. The Morgan fingerprint density at radius 1 is 1.35 bits per heavy atom. The molecule has 26 heavy (non-hydrogen) atoms. The van der Waals surface area contributed by atoms with E-state index in [-0.39, 0.29) is 11.9 Å². The maximum absolute atomic E-state index is 12.2. The van der Waals surface area contributed by atoms with Gasteiger partial charge in [0.1, 0.15) is 11.5 Å². The fraction of sp³-hybridized carbons (Fsp3) is 0.450. The Morgan fingerprint density at radius 2 is 2.15 bits per heavy atom. The van der Waals surface area contributed by atoms with Gasteiger partial charge in [-0.25, -0.2) is 9.97 Å². The molecule has 6 nitrogen and oxygen atoms in total. The maximum Gasteiger partial charge on any atom is 0.244 e. The second-order valence-corrected chi connectivity index (χ2v) is 7.24. The zero-order valence-electron chi connectivity index (χ0n) is 15.0. The molecular formula is C20H24N4O2. The number of amides is 1. The highest BCUT2D eigenvalue weighted by atomic mass is 16.3. The van der Waals surface area contributed by atoms with E-state index in [1.807, 2.05) is 12.1 Å². The number of nitrogens with one attached hydrogen (secondary N) is 1. The van der Waals surface area contributed by atoms with Crippen LogP contribution in [0.25, 0.3) is 6.08 Å². The first-order chi connectivity index (χ1) is 12.7. The average molecular weight is 352 g/mol. The fourth-order valence-electron chi connectivity index (χ4n) is 3.51. The first kappa shape index (κ1) is 16.8. The van der Waals surface area contributed by atoms with Gasteiger partial charge in [0.15, 0.2) is 0 Å². The van der Waals surface area contributed by atoms with Crippen LogP contribution in [0.1, 0.15) is 43.6 Å². The minimum atomic E-state index is -0.0939. The number of anilines is 1. The van der Waals surface area contributed by atoms with E-state index in [1.165, 1.54) is 6.42 Å². The van der Waals surface area contributed by atoms with E-state index in [4.69, 9.17) is 4.42 Å². The second kappa shape index (κ2) is 7.32. The number of carbonyl (C=O) groups is 1. The van der Waals surface area contributed by atoms with Gasteiger partial charge in [-0.3, -0.25) is 4.79 Å². The van der Waals surface area contributed by atoms with Crippen molar-refractivity contribution < 1.29 is 9.21 Å². The van der Waals surface area contributed by atoms with Crippen molar-refractivity contribution in [3.63, 3.8) is 0 Å². The number of furan rings is 1. The maximum atomic E-state index is 12.2. The van der Waals surface area contributed by atoms with Crippen LogP contribution in [0.5, 0.6) is 0 Å². The Morgan fingerprint density at radius 3 is 2.92 bits per heavy atom. The minimum Gasteiger partial charge on any atom is -0.461 e. The molecule has 2 aromatic heterocycles. The predicted molar refractivity (Wildman–Crippen MR) is 99.7 cm³/mol. The van der Waals surface area contributed by atoms with Crippen molar-refractivity contribution in [1.82, 2.24) is 15.3 Å². The van der Waals surface area contributed by atoms with Gasteiger partial charge in [-0.15, -0.1) is 0 Å². The van der Waals surface area contributed by atoms with Crippen LogP contribution in [0.4, 0.5) is 5.95 Å². The predicted octanol–water partition coefficient (Wildman–Crippen LogP) is 2.99. The summed E-state index contributed by atoms with van der Waals surface area (Å²) in [5.74, 6) is 3.66. The van der Waals surface area contributed by atoms with Crippen molar-refractivity contribution in [2.75, 3.05) is 18.0 Å². The number of piperidine rings is 1. The van der Waals surface area contributed by atoms with E-state index in [0.717, 1.165) is 43.4 Å². The highest BCUT2D eigenvalue weighted by molar-refractivity contribution is 5.91. The van der Waals surface area contributed by atoms with Crippen molar-refractivity contribution >= 4 is 17.9 Å². The highest BCUT2D eigenvalue weighted by Gasteiger charge is 2.36. The van der Waals surface area contributed by atoms with Crippen molar-refractivity contribution in [2.45, 2.75) is 38.1 Å².